The molecule has 2 aliphatic rings. The van der Waals surface area contributed by atoms with Gasteiger partial charge in [-0.2, -0.15) is 0 Å². The molecule has 3 atom stereocenters. The number of hydrogen-bond donors (Lipinski definition) is 3. The molecule has 1 saturated heterocycles. The smallest absolute Gasteiger partial charge is 0.290 e. The van der Waals surface area contributed by atoms with Crippen LogP contribution < -0.4 is 16.0 Å². The Labute approximate surface area is 174 Å². The summed E-state index contributed by atoms with van der Waals surface area (Å²) in [6.45, 7) is 3.28. The van der Waals surface area contributed by atoms with Crippen LogP contribution in [0.25, 0.3) is 0 Å². The van der Waals surface area contributed by atoms with Crippen LogP contribution in [0, 0.1) is 5.92 Å². The number of ketones is 1. The number of Topliss-reactive ketones (excluding diaryl/α,β-unsaturated/α-hetero) is 1. The third kappa shape index (κ3) is 5.65. The largest absolute Gasteiger partial charge is 0.361 e. The number of hydrogen-bond acceptors (Lipinski definition) is 7. The summed E-state index contributed by atoms with van der Waals surface area (Å²) in [5.41, 5.74) is -0.820. The second kappa shape index (κ2) is 9.38. The van der Waals surface area contributed by atoms with Crippen molar-refractivity contribution < 1.29 is 28.4 Å². The lowest BCUT2D eigenvalue weighted by Crippen LogP contribution is -2.51. The Morgan fingerprint density at radius 3 is 2.53 bits per heavy atom. The van der Waals surface area contributed by atoms with E-state index in [0.29, 0.717) is 18.9 Å². The summed E-state index contributed by atoms with van der Waals surface area (Å²) in [5.74, 6) is -1.31. The van der Waals surface area contributed by atoms with E-state index in [1.807, 2.05) is 0 Å². The van der Waals surface area contributed by atoms with Crippen LogP contribution in [0.3, 0.4) is 0 Å². The van der Waals surface area contributed by atoms with Crippen molar-refractivity contribution in [2.75, 3.05) is 13.2 Å². The average molecular weight is 420 g/mol. The van der Waals surface area contributed by atoms with Gasteiger partial charge in [0.25, 0.3) is 5.91 Å². The van der Waals surface area contributed by atoms with Crippen LogP contribution in [0.1, 0.15) is 56.5 Å². The minimum Gasteiger partial charge on any atom is -0.361 e. The van der Waals surface area contributed by atoms with Gasteiger partial charge in [-0.05, 0) is 26.2 Å². The maximum Gasteiger partial charge on any atom is 0.290 e. The van der Waals surface area contributed by atoms with E-state index in [4.69, 9.17) is 9.26 Å². The molecule has 2 fully saturated rings. The number of aromatic nitrogens is 1. The lowest BCUT2D eigenvalue weighted by molar-refractivity contribution is -0.131. The molecular weight excluding hydrogens is 392 g/mol. The number of ether oxygens (including phenoxy) is 1. The molecule has 164 valence electrons. The van der Waals surface area contributed by atoms with Gasteiger partial charge in [-0.1, -0.05) is 30.8 Å². The van der Waals surface area contributed by atoms with Crippen molar-refractivity contribution in [1.29, 1.82) is 0 Å². The molecule has 1 aliphatic heterocycles. The molecule has 1 aliphatic carbocycles. The summed E-state index contributed by atoms with van der Waals surface area (Å²) < 4.78 is 9.99. The van der Waals surface area contributed by atoms with E-state index in [2.05, 4.69) is 21.1 Å². The summed E-state index contributed by atoms with van der Waals surface area (Å²) in [4.78, 5) is 49.2. The topological polar surface area (TPSA) is 143 Å². The van der Waals surface area contributed by atoms with E-state index in [1.54, 1.807) is 6.92 Å². The van der Waals surface area contributed by atoms with Crippen LogP contribution in [-0.2, 0) is 19.1 Å². The highest BCUT2D eigenvalue weighted by atomic mass is 16.6. The van der Waals surface area contributed by atoms with Gasteiger partial charge in [0.2, 0.25) is 17.6 Å². The van der Waals surface area contributed by atoms with Gasteiger partial charge in [0.15, 0.2) is 5.78 Å². The maximum atomic E-state index is 12.7. The Bertz CT molecular complexity index is 783. The monoisotopic (exact) mass is 420 g/mol. The quantitative estimate of drug-likeness (QED) is 0.463. The number of nitrogens with one attached hydrogen (secondary N) is 3. The molecule has 3 amide bonds. The Hall–Kier alpha value is -2.75. The molecule has 0 bridgehead atoms. The standard InChI is InChI=1S/C20H28N4O6/c1-12(23-19(28)15-7-8-22-30-15)18(27)21-10-16(25)24-14(9-13-5-3-4-6-13)17(26)20(2)11-29-20/h7-8,12-14H,3-6,9-11H2,1-2H3,(H,21,27)(H,23,28)(H,24,25)/t12-,14+,20-/m1/s1. The predicted molar refractivity (Wildman–Crippen MR) is 104 cm³/mol. The fourth-order valence-electron chi connectivity index (χ4n) is 3.66. The molecule has 2 heterocycles. The molecule has 1 saturated carbocycles. The third-order valence-corrected chi connectivity index (χ3v) is 5.62. The molecule has 3 N–H and O–H groups in total. The van der Waals surface area contributed by atoms with Gasteiger partial charge in [-0.3, -0.25) is 19.2 Å². The Morgan fingerprint density at radius 2 is 1.93 bits per heavy atom. The van der Waals surface area contributed by atoms with E-state index in [9.17, 15) is 19.2 Å². The van der Waals surface area contributed by atoms with Gasteiger partial charge >= 0.3 is 0 Å². The van der Waals surface area contributed by atoms with Crippen LogP contribution >= 0.6 is 0 Å². The molecule has 10 heteroatoms. The first-order chi connectivity index (χ1) is 14.3. The molecule has 3 rings (SSSR count). The molecule has 0 radical (unpaired) electrons. The number of nitrogens with zero attached hydrogens (tertiary/aromatic N) is 1. The summed E-state index contributed by atoms with van der Waals surface area (Å²) in [6, 6.07) is -0.141. The van der Waals surface area contributed by atoms with E-state index in [1.165, 1.54) is 19.2 Å². The predicted octanol–water partition coefficient (Wildman–Crippen LogP) is 0.332. The van der Waals surface area contributed by atoms with Crippen LogP contribution in [0.15, 0.2) is 16.8 Å². The summed E-state index contributed by atoms with van der Waals surface area (Å²) in [7, 11) is 0. The number of carbonyl (C=O) groups is 4. The highest BCUT2D eigenvalue weighted by molar-refractivity contribution is 5.98. The van der Waals surface area contributed by atoms with E-state index >= 15 is 0 Å². The number of epoxide rings is 1. The number of amides is 3. The Morgan fingerprint density at radius 1 is 1.23 bits per heavy atom. The van der Waals surface area contributed by atoms with Crippen molar-refractivity contribution in [1.82, 2.24) is 21.1 Å². The van der Waals surface area contributed by atoms with Crippen molar-refractivity contribution in [3.05, 3.63) is 18.0 Å². The first-order valence-electron chi connectivity index (χ1n) is 10.3. The molecule has 1 aromatic rings. The maximum absolute atomic E-state index is 12.7. The summed E-state index contributed by atoms with van der Waals surface area (Å²) in [5, 5.41) is 11.1. The second-order valence-corrected chi connectivity index (χ2v) is 8.18. The van der Waals surface area contributed by atoms with E-state index < -0.39 is 35.4 Å². The van der Waals surface area contributed by atoms with Gasteiger partial charge in [-0.15, -0.1) is 0 Å². The van der Waals surface area contributed by atoms with Crippen LogP contribution in [0.4, 0.5) is 0 Å². The first kappa shape index (κ1) is 21.9. The van der Waals surface area contributed by atoms with Crippen LogP contribution in [0.2, 0.25) is 0 Å². The van der Waals surface area contributed by atoms with Gasteiger partial charge in [0.1, 0.15) is 11.6 Å². The van der Waals surface area contributed by atoms with E-state index in [-0.39, 0.29) is 18.1 Å². The summed E-state index contributed by atoms with van der Waals surface area (Å²) in [6.07, 6.45) is 6.29. The lowest BCUT2D eigenvalue weighted by atomic mass is 9.91. The number of rotatable bonds is 10. The van der Waals surface area contributed by atoms with Crippen molar-refractivity contribution in [3.8, 4) is 0 Å². The summed E-state index contributed by atoms with van der Waals surface area (Å²) >= 11 is 0. The molecule has 10 nitrogen and oxygen atoms in total. The van der Waals surface area contributed by atoms with Crippen molar-refractivity contribution in [3.63, 3.8) is 0 Å². The molecular formula is C20H28N4O6. The van der Waals surface area contributed by atoms with Gasteiger partial charge in [-0.25, -0.2) is 0 Å². The highest BCUT2D eigenvalue weighted by Crippen LogP contribution is 2.33. The zero-order chi connectivity index (χ0) is 21.7. The van der Waals surface area contributed by atoms with Gasteiger partial charge in [0, 0.05) is 6.07 Å². The molecule has 1 aromatic heterocycles. The zero-order valence-corrected chi connectivity index (χ0v) is 17.2. The first-order valence-corrected chi connectivity index (χ1v) is 10.3. The zero-order valence-electron chi connectivity index (χ0n) is 17.2. The van der Waals surface area contributed by atoms with Gasteiger partial charge < -0.3 is 25.2 Å². The lowest BCUT2D eigenvalue weighted by Gasteiger charge is -2.23. The molecule has 0 spiro atoms. The average Bonchev–Trinajstić information content (AvgIpc) is 3.13. The minimum atomic E-state index is -0.884. The normalized spacial score (nSPS) is 22.7. The highest BCUT2D eigenvalue weighted by Gasteiger charge is 2.50. The van der Waals surface area contributed by atoms with Crippen LogP contribution in [-0.4, -0.2) is 59.5 Å². The molecule has 0 unspecified atom stereocenters. The SMILES string of the molecule is C[C@@H](NC(=O)c1ccno1)C(=O)NCC(=O)N[C@@H](CC1CCCC1)C(=O)[C@@]1(C)CO1. The fourth-order valence-corrected chi connectivity index (χ4v) is 3.66. The number of carbonyl (C=O) groups excluding carboxylic acids is 4. The third-order valence-electron chi connectivity index (χ3n) is 5.62. The molecule has 0 aromatic carbocycles. The van der Waals surface area contributed by atoms with E-state index in [0.717, 1.165) is 25.7 Å². The van der Waals surface area contributed by atoms with Crippen molar-refractivity contribution in [2.45, 2.75) is 63.6 Å². The second-order valence-electron chi connectivity index (χ2n) is 8.18. The molecule has 30 heavy (non-hydrogen) atoms. The van der Waals surface area contributed by atoms with Gasteiger partial charge in [0.05, 0.1) is 25.4 Å². The minimum absolute atomic E-state index is 0.0172. The Kier molecular flexibility index (Phi) is 6.86. The Balaban J connectivity index is 1.47. The van der Waals surface area contributed by atoms with Crippen molar-refractivity contribution >= 4 is 23.5 Å². The van der Waals surface area contributed by atoms with Crippen molar-refractivity contribution in [2.24, 2.45) is 5.92 Å². The fraction of sp³-hybridized carbons (Fsp3) is 0.650. The van der Waals surface area contributed by atoms with Crippen LogP contribution in [0.5, 0.6) is 0 Å².